The van der Waals surface area contributed by atoms with Gasteiger partial charge in [0.2, 0.25) is 0 Å². The van der Waals surface area contributed by atoms with Crippen LogP contribution in [0.4, 0.5) is 5.69 Å². The lowest BCUT2D eigenvalue weighted by atomic mass is 10.3. The third-order valence-corrected chi connectivity index (χ3v) is 2.81. The van der Waals surface area contributed by atoms with Gasteiger partial charge in [-0.15, -0.1) is 0 Å². The molecule has 104 valence electrons. The predicted octanol–water partition coefficient (Wildman–Crippen LogP) is 2.13. The first kappa shape index (κ1) is 13.9. The van der Waals surface area contributed by atoms with E-state index in [1.165, 1.54) is 4.90 Å². The van der Waals surface area contributed by atoms with E-state index in [0.717, 1.165) is 5.69 Å². The molecule has 0 fully saturated rings. The first-order valence-electron chi connectivity index (χ1n) is 6.14. The van der Waals surface area contributed by atoms with Crippen LogP contribution in [0, 0.1) is 0 Å². The minimum Gasteiger partial charge on any atom is -0.497 e. The summed E-state index contributed by atoms with van der Waals surface area (Å²) in [5.74, 6) is 1.13. The molecule has 5 nitrogen and oxygen atoms in total. The fraction of sp³-hybridized carbons (Fsp3) is 0.200. The fourth-order valence-corrected chi connectivity index (χ4v) is 1.63. The predicted molar refractivity (Wildman–Crippen MR) is 76.1 cm³/mol. The summed E-state index contributed by atoms with van der Waals surface area (Å²) in [6.45, 7) is -0.0431. The monoisotopic (exact) mass is 272 g/mol. The highest BCUT2D eigenvalue weighted by Gasteiger charge is 2.11. The van der Waals surface area contributed by atoms with E-state index in [4.69, 9.17) is 9.47 Å². The van der Waals surface area contributed by atoms with Crippen molar-refractivity contribution in [3.05, 3.63) is 48.8 Å². The summed E-state index contributed by atoms with van der Waals surface area (Å²) in [4.78, 5) is 17.5. The molecule has 0 bridgehead atoms. The van der Waals surface area contributed by atoms with E-state index in [2.05, 4.69) is 4.98 Å². The molecule has 0 saturated heterocycles. The summed E-state index contributed by atoms with van der Waals surface area (Å²) in [6.07, 6.45) is 3.29. The average molecular weight is 272 g/mol. The van der Waals surface area contributed by atoms with Crippen LogP contribution in [0.3, 0.4) is 0 Å². The topological polar surface area (TPSA) is 51.7 Å². The normalized spacial score (nSPS) is 9.90. The third-order valence-electron chi connectivity index (χ3n) is 2.81. The number of anilines is 1. The molecule has 0 atom stereocenters. The third kappa shape index (κ3) is 3.47. The molecule has 0 unspecified atom stereocenters. The zero-order valence-electron chi connectivity index (χ0n) is 11.4. The lowest BCUT2D eigenvalue weighted by Crippen LogP contribution is -2.31. The van der Waals surface area contributed by atoms with Crippen LogP contribution in [-0.2, 0) is 4.79 Å². The molecule has 1 heterocycles. The molecule has 20 heavy (non-hydrogen) atoms. The van der Waals surface area contributed by atoms with Crippen LogP contribution in [0.2, 0.25) is 0 Å². The van der Waals surface area contributed by atoms with Gasteiger partial charge in [-0.25, -0.2) is 0 Å². The zero-order valence-corrected chi connectivity index (χ0v) is 11.4. The van der Waals surface area contributed by atoms with Gasteiger partial charge in [-0.05, 0) is 24.3 Å². The Balaban J connectivity index is 1.95. The molecule has 1 aromatic heterocycles. The summed E-state index contributed by atoms with van der Waals surface area (Å²) in [5.41, 5.74) is 0.728. The Bertz CT molecular complexity index is 572. The highest BCUT2D eigenvalue weighted by atomic mass is 16.5. The van der Waals surface area contributed by atoms with Gasteiger partial charge in [-0.2, -0.15) is 0 Å². The second-order valence-electron chi connectivity index (χ2n) is 4.13. The molecule has 0 N–H and O–H groups in total. The first-order valence-corrected chi connectivity index (χ1v) is 6.14. The SMILES string of the molecule is COc1cccc(OCC(=O)N(C)c2cccnc2)c1. The van der Waals surface area contributed by atoms with Gasteiger partial charge in [0, 0.05) is 19.3 Å². The van der Waals surface area contributed by atoms with Crippen molar-refractivity contribution in [1.82, 2.24) is 4.98 Å². The van der Waals surface area contributed by atoms with Gasteiger partial charge < -0.3 is 14.4 Å². The van der Waals surface area contributed by atoms with Gasteiger partial charge in [0.05, 0.1) is 19.0 Å². The second-order valence-corrected chi connectivity index (χ2v) is 4.13. The summed E-state index contributed by atoms with van der Waals surface area (Å²) in [7, 11) is 3.27. The molecule has 0 spiro atoms. The van der Waals surface area contributed by atoms with E-state index in [1.54, 1.807) is 44.8 Å². The lowest BCUT2D eigenvalue weighted by Gasteiger charge is -2.17. The maximum absolute atomic E-state index is 12.0. The standard InChI is InChI=1S/C15H16N2O3/c1-17(12-5-4-8-16-10-12)15(18)11-20-14-7-3-6-13(9-14)19-2/h3-10H,11H2,1-2H3. The van der Waals surface area contributed by atoms with Gasteiger partial charge in [0.15, 0.2) is 6.61 Å². The molecule has 0 aliphatic heterocycles. The highest BCUT2D eigenvalue weighted by Crippen LogP contribution is 2.19. The number of rotatable bonds is 5. The van der Waals surface area contributed by atoms with Crippen molar-refractivity contribution in [2.24, 2.45) is 0 Å². The summed E-state index contributed by atoms with van der Waals surface area (Å²) in [6, 6.07) is 10.7. The van der Waals surface area contributed by atoms with Gasteiger partial charge in [0.25, 0.3) is 5.91 Å². The lowest BCUT2D eigenvalue weighted by molar-refractivity contribution is -0.120. The Morgan fingerprint density at radius 2 is 2.05 bits per heavy atom. The average Bonchev–Trinajstić information content (AvgIpc) is 2.53. The van der Waals surface area contributed by atoms with E-state index in [9.17, 15) is 4.79 Å². The van der Waals surface area contributed by atoms with Crippen LogP contribution < -0.4 is 14.4 Å². The van der Waals surface area contributed by atoms with E-state index in [1.807, 2.05) is 18.2 Å². The molecule has 0 aliphatic rings. The van der Waals surface area contributed by atoms with Gasteiger partial charge >= 0.3 is 0 Å². The van der Waals surface area contributed by atoms with Crippen LogP contribution in [-0.4, -0.2) is 31.7 Å². The van der Waals surface area contributed by atoms with E-state index < -0.39 is 0 Å². The Morgan fingerprint density at radius 1 is 1.25 bits per heavy atom. The van der Waals surface area contributed by atoms with E-state index >= 15 is 0 Å². The van der Waals surface area contributed by atoms with Crippen LogP contribution in [0.15, 0.2) is 48.8 Å². The summed E-state index contributed by atoms with van der Waals surface area (Å²) < 4.78 is 10.6. The fourth-order valence-electron chi connectivity index (χ4n) is 1.63. The zero-order chi connectivity index (χ0) is 14.4. The van der Waals surface area contributed by atoms with Gasteiger partial charge in [-0.3, -0.25) is 9.78 Å². The van der Waals surface area contributed by atoms with Gasteiger partial charge in [0.1, 0.15) is 11.5 Å². The number of likely N-dealkylation sites (N-methyl/N-ethyl adjacent to an activating group) is 1. The molecule has 0 radical (unpaired) electrons. The van der Waals surface area contributed by atoms with Crippen LogP contribution in [0.1, 0.15) is 0 Å². The number of nitrogens with zero attached hydrogens (tertiary/aromatic N) is 2. The van der Waals surface area contributed by atoms with Crippen LogP contribution in [0.5, 0.6) is 11.5 Å². The second kappa shape index (κ2) is 6.56. The number of pyridine rings is 1. The largest absolute Gasteiger partial charge is 0.497 e. The van der Waals surface area contributed by atoms with Crippen molar-refractivity contribution in [3.63, 3.8) is 0 Å². The molecule has 5 heteroatoms. The number of carbonyl (C=O) groups excluding carboxylic acids is 1. The quantitative estimate of drug-likeness (QED) is 0.836. The van der Waals surface area contributed by atoms with Crippen molar-refractivity contribution >= 4 is 11.6 Å². The molecule has 1 amide bonds. The Kier molecular flexibility index (Phi) is 4.55. The van der Waals surface area contributed by atoms with Gasteiger partial charge in [-0.1, -0.05) is 6.07 Å². The number of hydrogen-bond donors (Lipinski definition) is 0. The first-order chi connectivity index (χ1) is 9.70. The van der Waals surface area contributed by atoms with Crippen LogP contribution >= 0.6 is 0 Å². The molecule has 2 aromatic rings. The maximum Gasteiger partial charge on any atom is 0.264 e. The number of methoxy groups -OCH3 is 1. The van der Waals surface area contributed by atoms with Crippen molar-refractivity contribution in [2.45, 2.75) is 0 Å². The smallest absolute Gasteiger partial charge is 0.264 e. The number of carbonyl (C=O) groups is 1. The molecule has 0 saturated carbocycles. The van der Waals surface area contributed by atoms with Crippen molar-refractivity contribution in [3.8, 4) is 11.5 Å². The van der Waals surface area contributed by atoms with Crippen LogP contribution in [0.25, 0.3) is 0 Å². The van der Waals surface area contributed by atoms with Crippen molar-refractivity contribution in [2.75, 3.05) is 25.7 Å². The molecule has 1 aromatic carbocycles. The van der Waals surface area contributed by atoms with Crippen molar-refractivity contribution < 1.29 is 14.3 Å². The number of hydrogen-bond acceptors (Lipinski definition) is 4. The Hall–Kier alpha value is -2.56. The number of aromatic nitrogens is 1. The molecule has 2 rings (SSSR count). The number of benzene rings is 1. The Labute approximate surface area is 117 Å². The minimum atomic E-state index is -0.152. The highest BCUT2D eigenvalue weighted by molar-refractivity contribution is 5.93. The van der Waals surface area contributed by atoms with E-state index in [0.29, 0.717) is 11.5 Å². The molecular weight excluding hydrogens is 256 g/mol. The number of amides is 1. The summed E-state index contributed by atoms with van der Waals surface area (Å²) >= 11 is 0. The molecule has 0 aliphatic carbocycles. The minimum absolute atomic E-state index is 0.0431. The summed E-state index contributed by atoms with van der Waals surface area (Å²) in [5, 5.41) is 0. The number of ether oxygens (including phenoxy) is 2. The van der Waals surface area contributed by atoms with E-state index in [-0.39, 0.29) is 12.5 Å². The molecular formula is C15H16N2O3. The maximum atomic E-state index is 12.0. The van der Waals surface area contributed by atoms with Crippen molar-refractivity contribution in [1.29, 1.82) is 0 Å². The Morgan fingerprint density at radius 3 is 2.75 bits per heavy atom.